The van der Waals surface area contributed by atoms with Gasteiger partial charge in [-0.25, -0.2) is 8.78 Å². The molecule has 1 atom stereocenters. The van der Waals surface area contributed by atoms with E-state index in [4.69, 9.17) is 34.8 Å². The lowest BCUT2D eigenvalue weighted by Gasteiger charge is -2.31. The van der Waals surface area contributed by atoms with E-state index in [1.807, 2.05) is 6.07 Å². The molecule has 0 N–H and O–H groups in total. The normalized spacial score (nSPS) is 21.3. The molecule has 1 aliphatic rings. The summed E-state index contributed by atoms with van der Waals surface area (Å²) in [4.78, 5) is 0. The molecule has 0 aromatic heterocycles. The molecule has 19 heavy (non-hydrogen) atoms. The first-order valence-corrected chi connectivity index (χ1v) is 7.52. The zero-order valence-electron chi connectivity index (χ0n) is 10.3. The van der Waals surface area contributed by atoms with Gasteiger partial charge in [0.15, 0.2) is 0 Å². The van der Waals surface area contributed by atoms with Crippen LogP contribution < -0.4 is 0 Å². The molecule has 0 amide bonds. The monoisotopic (exact) mass is 326 g/mol. The number of alkyl halides is 3. The summed E-state index contributed by atoms with van der Waals surface area (Å²) < 4.78 is 26.2. The van der Waals surface area contributed by atoms with E-state index in [1.54, 1.807) is 12.1 Å². The predicted molar refractivity (Wildman–Crippen MR) is 76.7 cm³/mol. The Morgan fingerprint density at radius 2 is 1.79 bits per heavy atom. The van der Waals surface area contributed by atoms with Gasteiger partial charge in [-0.15, -0.1) is 11.6 Å². The quantitative estimate of drug-likeness (QED) is 0.600. The molecule has 0 heterocycles. The van der Waals surface area contributed by atoms with Crippen LogP contribution in [0.1, 0.15) is 31.2 Å². The Bertz CT molecular complexity index is 438. The second-order valence-corrected chi connectivity index (χ2v) is 6.54. The van der Waals surface area contributed by atoms with Crippen molar-refractivity contribution in [1.82, 2.24) is 0 Å². The van der Waals surface area contributed by atoms with Crippen LogP contribution in [0.2, 0.25) is 10.0 Å². The van der Waals surface area contributed by atoms with Gasteiger partial charge in [0.1, 0.15) is 0 Å². The fourth-order valence-electron chi connectivity index (χ4n) is 2.48. The van der Waals surface area contributed by atoms with Crippen LogP contribution in [0.3, 0.4) is 0 Å². The van der Waals surface area contributed by atoms with E-state index in [0.717, 1.165) is 5.56 Å². The molecule has 0 saturated heterocycles. The van der Waals surface area contributed by atoms with E-state index in [2.05, 4.69) is 0 Å². The highest BCUT2D eigenvalue weighted by Crippen LogP contribution is 2.39. The zero-order chi connectivity index (χ0) is 14.0. The fourth-order valence-corrected chi connectivity index (χ4v) is 3.23. The molecule has 5 heteroatoms. The van der Waals surface area contributed by atoms with Crippen molar-refractivity contribution >= 4 is 34.8 Å². The Morgan fingerprint density at radius 1 is 1.16 bits per heavy atom. The molecule has 1 fully saturated rings. The van der Waals surface area contributed by atoms with Crippen molar-refractivity contribution in [2.75, 3.05) is 0 Å². The van der Waals surface area contributed by atoms with Crippen LogP contribution in [-0.4, -0.2) is 11.3 Å². The van der Waals surface area contributed by atoms with Gasteiger partial charge < -0.3 is 0 Å². The number of benzene rings is 1. The average Bonchev–Trinajstić information content (AvgIpc) is 2.33. The van der Waals surface area contributed by atoms with Crippen molar-refractivity contribution in [3.63, 3.8) is 0 Å². The molecule has 1 aliphatic carbocycles. The Hall–Kier alpha value is -0.0500. The summed E-state index contributed by atoms with van der Waals surface area (Å²) in [5, 5.41) is 0.875. The summed E-state index contributed by atoms with van der Waals surface area (Å²) in [5.74, 6) is -2.35. The van der Waals surface area contributed by atoms with Crippen molar-refractivity contribution in [3.05, 3.63) is 33.8 Å². The molecular formula is C14H15Cl3F2. The number of halogens is 5. The van der Waals surface area contributed by atoms with E-state index in [9.17, 15) is 8.78 Å². The summed E-state index contributed by atoms with van der Waals surface area (Å²) in [7, 11) is 0. The highest BCUT2D eigenvalue weighted by Gasteiger charge is 2.37. The topological polar surface area (TPSA) is 0 Å². The van der Waals surface area contributed by atoms with E-state index >= 15 is 0 Å². The van der Waals surface area contributed by atoms with Crippen molar-refractivity contribution in [1.29, 1.82) is 0 Å². The molecule has 0 bridgehead atoms. The highest BCUT2D eigenvalue weighted by molar-refractivity contribution is 6.42. The van der Waals surface area contributed by atoms with Gasteiger partial charge in [-0.3, -0.25) is 0 Å². The number of rotatable bonds is 3. The summed E-state index contributed by atoms with van der Waals surface area (Å²) in [6.45, 7) is 0. The molecule has 1 unspecified atom stereocenters. The maximum Gasteiger partial charge on any atom is 0.248 e. The first kappa shape index (κ1) is 15.3. The first-order valence-electron chi connectivity index (χ1n) is 6.33. The van der Waals surface area contributed by atoms with Crippen LogP contribution >= 0.6 is 34.8 Å². The van der Waals surface area contributed by atoms with Crippen molar-refractivity contribution in [3.8, 4) is 0 Å². The number of hydrogen-bond donors (Lipinski definition) is 0. The largest absolute Gasteiger partial charge is 0.248 e. The van der Waals surface area contributed by atoms with Crippen molar-refractivity contribution in [2.45, 2.75) is 43.4 Å². The smallest absolute Gasteiger partial charge is 0.207 e. The second-order valence-electron chi connectivity index (χ2n) is 5.16. The summed E-state index contributed by atoms with van der Waals surface area (Å²) >= 11 is 18.2. The third-order valence-corrected chi connectivity index (χ3v) is 4.94. The second kappa shape index (κ2) is 6.15. The van der Waals surface area contributed by atoms with Crippen LogP contribution in [0.4, 0.5) is 8.78 Å². The highest BCUT2D eigenvalue weighted by atomic mass is 35.5. The maximum atomic E-state index is 13.1. The van der Waals surface area contributed by atoms with Gasteiger partial charge in [-0.2, -0.15) is 0 Å². The lowest BCUT2D eigenvalue weighted by Crippen LogP contribution is -2.29. The lowest BCUT2D eigenvalue weighted by atomic mass is 9.83. The lowest BCUT2D eigenvalue weighted by molar-refractivity contribution is -0.0459. The van der Waals surface area contributed by atoms with Crippen LogP contribution in [0.25, 0.3) is 0 Å². The van der Waals surface area contributed by atoms with Gasteiger partial charge in [0.25, 0.3) is 0 Å². The summed E-state index contributed by atoms with van der Waals surface area (Å²) in [5.41, 5.74) is 0.992. The van der Waals surface area contributed by atoms with Crippen LogP contribution in [0.15, 0.2) is 18.2 Å². The van der Waals surface area contributed by atoms with Gasteiger partial charge in [0.2, 0.25) is 5.92 Å². The standard InChI is InChI=1S/C14H15Cl3F2/c15-11-2-1-9(8-13(11)17)7-12(16)10-3-5-14(18,19)6-4-10/h1-2,8,10,12H,3-7H2. The molecule has 1 saturated carbocycles. The maximum absolute atomic E-state index is 13.1. The van der Waals surface area contributed by atoms with E-state index in [1.165, 1.54) is 0 Å². The van der Waals surface area contributed by atoms with E-state index < -0.39 is 5.92 Å². The summed E-state index contributed by atoms with van der Waals surface area (Å²) in [6.07, 6.45) is 1.50. The van der Waals surface area contributed by atoms with Crippen molar-refractivity contribution in [2.24, 2.45) is 5.92 Å². The van der Waals surface area contributed by atoms with Crippen LogP contribution in [0, 0.1) is 5.92 Å². The molecule has 0 nitrogen and oxygen atoms in total. The molecule has 1 aromatic rings. The SMILES string of the molecule is FC1(F)CCC(C(Cl)Cc2ccc(Cl)c(Cl)c2)CC1. The van der Waals surface area contributed by atoms with Gasteiger partial charge in [-0.1, -0.05) is 29.3 Å². The first-order chi connectivity index (χ1) is 8.87. The zero-order valence-corrected chi connectivity index (χ0v) is 12.6. The molecule has 0 spiro atoms. The van der Waals surface area contributed by atoms with E-state index in [0.29, 0.717) is 29.3 Å². The Morgan fingerprint density at radius 3 is 2.37 bits per heavy atom. The van der Waals surface area contributed by atoms with Crippen LogP contribution in [0.5, 0.6) is 0 Å². The minimum Gasteiger partial charge on any atom is -0.207 e. The van der Waals surface area contributed by atoms with E-state index in [-0.39, 0.29) is 24.1 Å². The Balaban J connectivity index is 1.94. The average molecular weight is 328 g/mol. The van der Waals surface area contributed by atoms with Gasteiger partial charge in [-0.05, 0) is 42.9 Å². The molecule has 0 aliphatic heterocycles. The minimum atomic E-state index is -2.50. The molecule has 106 valence electrons. The summed E-state index contributed by atoms with van der Waals surface area (Å²) in [6, 6.07) is 5.40. The van der Waals surface area contributed by atoms with Gasteiger partial charge in [0, 0.05) is 18.2 Å². The minimum absolute atomic E-state index is 0.0533. The molecule has 2 rings (SSSR count). The van der Waals surface area contributed by atoms with Crippen molar-refractivity contribution < 1.29 is 8.78 Å². The Kier molecular flexibility index (Phi) is 4.97. The third-order valence-electron chi connectivity index (χ3n) is 3.69. The van der Waals surface area contributed by atoms with Crippen LogP contribution in [-0.2, 0) is 6.42 Å². The Labute approximate surface area is 127 Å². The molecular weight excluding hydrogens is 313 g/mol. The van der Waals surface area contributed by atoms with Gasteiger partial charge >= 0.3 is 0 Å². The fraction of sp³-hybridized carbons (Fsp3) is 0.571. The third kappa shape index (κ3) is 4.21. The number of hydrogen-bond acceptors (Lipinski definition) is 0. The predicted octanol–water partition coefficient (Wildman–Crippen LogP) is 5.97. The van der Waals surface area contributed by atoms with Gasteiger partial charge in [0.05, 0.1) is 10.0 Å². The molecule has 0 radical (unpaired) electrons. The molecule has 1 aromatic carbocycles.